The predicted molar refractivity (Wildman–Crippen MR) is 79.1 cm³/mol. The molecule has 1 heterocycles. The van der Waals surface area contributed by atoms with Gasteiger partial charge in [-0.2, -0.15) is 5.10 Å². The molecule has 0 atom stereocenters. The Kier molecular flexibility index (Phi) is 4.21. The minimum absolute atomic E-state index is 0.264. The molecule has 0 unspecified atom stereocenters. The molecule has 0 saturated heterocycles. The summed E-state index contributed by atoms with van der Waals surface area (Å²) in [5.74, 6) is 0.246. The van der Waals surface area contributed by atoms with Gasteiger partial charge in [-0.05, 0) is 24.6 Å². The molecule has 0 radical (unpaired) electrons. The topological polar surface area (TPSA) is 83.8 Å². The molecule has 0 spiro atoms. The molecule has 6 heteroatoms. The summed E-state index contributed by atoms with van der Waals surface area (Å²) in [5.41, 5.74) is 7.67. The van der Waals surface area contributed by atoms with Crippen molar-refractivity contribution in [3.8, 4) is 0 Å². The standard InChI is InChI=1S/C13H15BrN4O/c1-2-3-9-7-12(18-17-9)16-13(19)10-5-4-8(14)6-11(10)15/h4-7H,2-3,15H2,1H3,(H2,16,17,18,19). The first-order valence-corrected chi connectivity index (χ1v) is 6.80. The second kappa shape index (κ2) is 5.88. The van der Waals surface area contributed by atoms with E-state index < -0.39 is 0 Å². The van der Waals surface area contributed by atoms with E-state index >= 15 is 0 Å². The van der Waals surface area contributed by atoms with Crippen molar-refractivity contribution in [1.82, 2.24) is 10.2 Å². The third-order valence-corrected chi connectivity index (χ3v) is 3.14. The number of rotatable bonds is 4. The highest BCUT2D eigenvalue weighted by Gasteiger charge is 2.11. The number of nitrogens with zero attached hydrogens (tertiary/aromatic N) is 1. The van der Waals surface area contributed by atoms with Gasteiger partial charge in [0.15, 0.2) is 5.82 Å². The maximum Gasteiger partial charge on any atom is 0.258 e. The van der Waals surface area contributed by atoms with Gasteiger partial charge in [-0.15, -0.1) is 0 Å². The van der Waals surface area contributed by atoms with Gasteiger partial charge >= 0.3 is 0 Å². The summed E-state index contributed by atoms with van der Waals surface area (Å²) in [5, 5.41) is 9.64. The fourth-order valence-corrected chi connectivity index (χ4v) is 2.13. The van der Waals surface area contributed by atoms with Crippen molar-refractivity contribution < 1.29 is 4.79 Å². The van der Waals surface area contributed by atoms with Crippen LogP contribution in [0, 0.1) is 0 Å². The zero-order chi connectivity index (χ0) is 13.8. The van der Waals surface area contributed by atoms with E-state index in [4.69, 9.17) is 5.73 Å². The number of nitrogens with two attached hydrogens (primary N) is 1. The minimum atomic E-state index is -0.264. The van der Waals surface area contributed by atoms with Crippen LogP contribution in [0.2, 0.25) is 0 Å². The summed E-state index contributed by atoms with van der Waals surface area (Å²) < 4.78 is 0.839. The van der Waals surface area contributed by atoms with Crippen LogP contribution in [0.15, 0.2) is 28.7 Å². The SMILES string of the molecule is CCCc1cc(NC(=O)c2ccc(Br)cc2N)n[nH]1. The molecule has 0 saturated carbocycles. The Balaban J connectivity index is 2.11. The van der Waals surface area contributed by atoms with Crippen LogP contribution >= 0.6 is 15.9 Å². The Morgan fingerprint density at radius 1 is 1.47 bits per heavy atom. The molecule has 2 rings (SSSR count). The molecule has 19 heavy (non-hydrogen) atoms. The number of hydrogen-bond acceptors (Lipinski definition) is 3. The molecule has 0 bridgehead atoms. The first-order valence-electron chi connectivity index (χ1n) is 6.01. The van der Waals surface area contributed by atoms with Crippen LogP contribution in [-0.2, 0) is 6.42 Å². The van der Waals surface area contributed by atoms with E-state index in [9.17, 15) is 4.79 Å². The summed E-state index contributed by atoms with van der Waals surface area (Å²) in [6, 6.07) is 6.98. The Hall–Kier alpha value is -1.82. The van der Waals surface area contributed by atoms with Gasteiger partial charge in [0, 0.05) is 21.9 Å². The predicted octanol–water partition coefficient (Wildman–Crippen LogP) is 2.96. The van der Waals surface area contributed by atoms with Gasteiger partial charge in [0.05, 0.1) is 5.56 Å². The van der Waals surface area contributed by atoms with Crippen LogP contribution in [0.5, 0.6) is 0 Å². The number of aromatic nitrogens is 2. The number of H-pyrrole nitrogens is 1. The lowest BCUT2D eigenvalue weighted by Gasteiger charge is -2.05. The molecule has 4 N–H and O–H groups in total. The molecule has 5 nitrogen and oxygen atoms in total. The summed E-state index contributed by atoms with van der Waals surface area (Å²) in [6.07, 6.45) is 1.93. The fraction of sp³-hybridized carbons (Fsp3) is 0.231. The summed E-state index contributed by atoms with van der Waals surface area (Å²) in [6.45, 7) is 2.08. The second-order valence-corrected chi connectivity index (χ2v) is 5.13. The molecule has 100 valence electrons. The third-order valence-electron chi connectivity index (χ3n) is 2.65. The van der Waals surface area contributed by atoms with E-state index in [0.717, 1.165) is 23.0 Å². The van der Waals surface area contributed by atoms with Crippen molar-refractivity contribution in [3.63, 3.8) is 0 Å². The monoisotopic (exact) mass is 322 g/mol. The van der Waals surface area contributed by atoms with Crippen LogP contribution in [0.3, 0.4) is 0 Å². The van der Waals surface area contributed by atoms with E-state index in [1.807, 2.05) is 6.07 Å². The highest BCUT2D eigenvalue weighted by atomic mass is 79.9. The Morgan fingerprint density at radius 2 is 2.26 bits per heavy atom. The van der Waals surface area contributed by atoms with Gasteiger partial charge in [-0.1, -0.05) is 29.3 Å². The quantitative estimate of drug-likeness (QED) is 0.756. The maximum atomic E-state index is 12.1. The largest absolute Gasteiger partial charge is 0.398 e. The Morgan fingerprint density at radius 3 is 2.95 bits per heavy atom. The average Bonchev–Trinajstić information content (AvgIpc) is 2.76. The number of nitrogens with one attached hydrogen (secondary N) is 2. The summed E-state index contributed by atoms with van der Waals surface area (Å²) in [4.78, 5) is 12.1. The molecule has 0 aliphatic rings. The maximum absolute atomic E-state index is 12.1. The van der Waals surface area contributed by atoms with Crippen molar-refractivity contribution in [2.45, 2.75) is 19.8 Å². The molecule has 0 fully saturated rings. The van der Waals surface area contributed by atoms with Crippen LogP contribution in [0.4, 0.5) is 11.5 Å². The fourth-order valence-electron chi connectivity index (χ4n) is 1.75. The van der Waals surface area contributed by atoms with Crippen molar-refractivity contribution in [1.29, 1.82) is 0 Å². The number of nitrogen functional groups attached to an aromatic ring is 1. The molecule has 1 aromatic carbocycles. The number of aromatic amines is 1. The van der Waals surface area contributed by atoms with Crippen molar-refractivity contribution in [2.24, 2.45) is 0 Å². The Labute approximate surface area is 119 Å². The van der Waals surface area contributed by atoms with Gasteiger partial charge in [-0.25, -0.2) is 0 Å². The normalized spacial score (nSPS) is 10.4. The Bertz CT molecular complexity index is 594. The summed E-state index contributed by atoms with van der Waals surface area (Å²) >= 11 is 3.30. The smallest absolute Gasteiger partial charge is 0.258 e. The van der Waals surface area contributed by atoms with E-state index in [1.54, 1.807) is 18.2 Å². The second-order valence-electron chi connectivity index (χ2n) is 4.21. The van der Waals surface area contributed by atoms with Crippen molar-refractivity contribution in [2.75, 3.05) is 11.1 Å². The van der Waals surface area contributed by atoms with Crippen molar-refractivity contribution >= 4 is 33.3 Å². The van der Waals surface area contributed by atoms with Crippen molar-refractivity contribution in [3.05, 3.63) is 40.0 Å². The number of aryl methyl sites for hydroxylation is 1. The molecule has 0 aliphatic carbocycles. The molecular formula is C13H15BrN4O. The third kappa shape index (κ3) is 3.35. The number of amides is 1. The van der Waals surface area contributed by atoms with Crippen LogP contribution < -0.4 is 11.1 Å². The van der Waals surface area contributed by atoms with Gasteiger partial charge in [0.25, 0.3) is 5.91 Å². The van der Waals surface area contributed by atoms with Crippen LogP contribution in [0.1, 0.15) is 29.4 Å². The first-order chi connectivity index (χ1) is 9.10. The van der Waals surface area contributed by atoms with E-state index in [-0.39, 0.29) is 5.91 Å². The lowest BCUT2D eigenvalue weighted by molar-refractivity contribution is 0.102. The van der Waals surface area contributed by atoms with Gasteiger partial charge in [0.2, 0.25) is 0 Å². The number of carbonyl (C=O) groups is 1. The lowest BCUT2D eigenvalue weighted by atomic mass is 10.1. The number of carbonyl (C=O) groups excluding carboxylic acids is 1. The number of hydrogen-bond donors (Lipinski definition) is 3. The molecule has 1 aromatic heterocycles. The summed E-state index contributed by atoms with van der Waals surface area (Å²) in [7, 11) is 0. The zero-order valence-corrected chi connectivity index (χ0v) is 12.1. The number of anilines is 2. The minimum Gasteiger partial charge on any atom is -0.398 e. The van der Waals surface area contributed by atoms with Gasteiger partial charge < -0.3 is 11.1 Å². The lowest BCUT2D eigenvalue weighted by Crippen LogP contribution is -2.14. The van der Waals surface area contributed by atoms with E-state index in [2.05, 4.69) is 38.4 Å². The molecule has 0 aliphatic heterocycles. The zero-order valence-electron chi connectivity index (χ0n) is 10.5. The molecular weight excluding hydrogens is 308 g/mol. The van der Waals surface area contributed by atoms with Crippen LogP contribution in [0.25, 0.3) is 0 Å². The highest BCUT2D eigenvalue weighted by molar-refractivity contribution is 9.10. The first kappa shape index (κ1) is 13.6. The van der Waals surface area contributed by atoms with Gasteiger partial charge in [0.1, 0.15) is 0 Å². The number of benzene rings is 1. The van der Waals surface area contributed by atoms with Crippen LogP contribution in [-0.4, -0.2) is 16.1 Å². The molecule has 2 aromatic rings. The highest BCUT2D eigenvalue weighted by Crippen LogP contribution is 2.19. The van der Waals surface area contributed by atoms with E-state index in [0.29, 0.717) is 17.1 Å². The van der Waals surface area contributed by atoms with Gasteiger partial charge in [-0.3, -0.25) is 9.89 Å². The number of halogens is 1. The molecule has 1 amide bonds. The van der Waals surface area contributed by atoms with E-state index in [1.165, 1.54) is 0 Å². The average molecular weight is 323 g/mol.